The van der Waals surface area contributed by atoms with Crippen molar-refractivity contribution in [2.45, 2.75) is 45.6 Å². The second kappa shape index (κ2) is 16.5. The standard InChI is InChI=1S/C31H43ClN2O3S2/c1-4-34(19-25-11-13-27(25)29(36-3)10-5-7-22(2)20-38)28-18-24(31(33)35)12-14-30(28)37-21-39-16-15-23-8-6-9-26(32)17-23/h5-6,8-10,12,14,17-18,22,25,27,29,38H,4,7,11,13,15-16,19-21H2,1-3H3,(H2,33,35)/b10-5+/t22-,25-,27+,29-/m0/s1. The van der Waals surface area contributed by atoms with Gasteiger partial charge in [-0.05, 0) is 92.0 Å². The minimum atomic E-state index is -0.434. The number of halogens is 1. The third-order valence-electron chi connectivity index (χ3n) is 7.49. The number of nitrogens with two attached hydrogens (primary N) is 1. The molecule has 0 heterocycles. The van der Waals surface area contributed by atoms with Crippen LogP contribution >= 0.6 is 36.0 Å². The third kappa shape index (κ3) is 9.66. The number of thiol groups is 1. The third-order valence-corrected chi connectivity index (χ3v) is 9.12. The highest BCUT2D eigenvalue weighted by atomic mass is 35.5. The molecular weight excluding hydrogens is 548 g/mol. The van der Waals surface area contributed by atoms with Gasteiger partial charge in [0.1, 0.15) is 11.7 Å². The summed E-state index contributed by atoms with van der Waals surface area (Å²) in [5.41, 5.74) is 8.26. The quantitative estimate of drug-likeness (QED) is 0.0888. The van der Waals surface area contributed by atoms with E-state index in [1.165, 1.54) is 5.56 Å². The number of anilines is 1. The van der Waals surface area contributed by atoms with Gasteiger partial charge in [-0.2, -0.15) is 12.6 Å². The lowest BCUT2D eigenvalue weighted by Gasteiger charge is -2.43. The van der Waals surface area contributed by atoms with Crippen LogP contribution in [0.1, 0.15) is 49.0 Å². The van der Waals surface area contributed by atoms with E-state index in [0.717, 1.165) is 66.7 Å². The summed E-state index contributed by atoms with van der Waals surface area (Å²) in [5.74, 6) is 4.20. The van der Waals surface area contributed by atoms with Gasteiger partial charge in [0.05, 0.1) is 11.8 Å². The van der Waals surface area contributed by atoms with E-state index in [1.54, 1.807) is 24.9 Å². The largest absolute Gasteiger partial charge is 0.481 e. The number of primary amides is 1. The van der Waals surface area contributed by atoms with Crippen LogP contribution in [0.25, 0.3) is 0 Å². The average Bonchev–Trinajstić information content (AvgIpc) is 2.92. The minimum absolute atomic E-state index is 0.109. The van der Waals surface area contributed by atoms with Crippen LogP contribution < -0.4 is 15.4 Å². The number of hydrogen-bond acceptors (Lipinski definition) is 6. The van der Waals surface area contributed by atoms with Crippen molar-refractivity contribution in [2.24, 2.45) is 23.5 Å². The van der Waals surface area contributed by atoms with E-state index in [1.807, 2.05) is 30.3 Å². The molecule has 39 heavy (non-hydrogen) atoms. The molecule has 1 amide bonds. The topological polar surface area (TPSA) is 64.8 Å². The number of thioether (sulfide) groups is 1. The Morgan fingerprint density at radius 3 is 2.74 bits per heavy atom. The Balaban J connectivity index is 1.64. The van der Waals surface area contributed by atoms with E-state index >= 15 is 0 Å². The first kappa shape index (κ1) is 31.7. The molecule has 8 heteroatoms. The first-order chi connectivity index (χ1) is 18.9. The van der Waals surface area contributed by atoms with E-state index < -0.39 is 5.91 Å². The Morgan fingerprint density at radius 2 is 2.10 bits per heavy atom. The van der Waals surface area contributed by atoms with Crippen LogP contribution in [0.15, 0.2) is 54.6 Å². The molecule has 2 N–H and O–H groups in total. The lowest BCUT2D eigenvalue weighted by atomic mass is 9.70. The van der Waals surface area contributed by atoms with Gasteiger partial charge in [0.15, 0.2) is 0 Å². The van der Waals surface area contributed by atoms with Crippen LogP contribution in [0, 0.1) is 17.8 Å². The maximum atomic E-state index is 12.0. The van der Waals surface area contributed by atoms with Crippen LogP contribution in [-0.2, 0) is 11.2 Å². The van der Waals surface area contributed by atoms with Crippen LogP contribution in [0.2, 0.25) is 5.02 Å². The number of aryl methyl sites for hydroxylation is 1. The highest BCUT2D eigenvalue weighted by Gasteiger charge is 2.37. The molecule has 5 nitrogen and oxygen atoms in total. The Kier molecular flexibility index (Phi) is 13.4. The lowest BCUT2D eigenvalue weighted by molar-refractivity contribution is 0.0135. The smallest absolute Gasteiger partial charge is 0.248 e. The number of methoxy groups -OCH3 is 1. The molecule has 0 spiro atoms. The van der Waals surface area contributed by atoms with Crippen molar-refractivity contribution in [3.05, 3.63) is 70.8 Å². The fraction of sp³-hybridized carbons (Fsp3) is 0.516. The molecule has 2 aromatic rings. The summed E-state index contributed by atoms with van der Waals surface area (Å²) >= 11 is 12.2. The summed E-state index contributed by atoms with van der Waals surface area (Å²) in [4.78, 5) is 14.3. The SMILES string of the molecule is CCN(C[C@@H]1CC[C@H]1[C@H](/C=C/C[C@H](C)CS)OC)c1cc(C(N)=O)ccc1OCSCCc1cccc(Cl)c1. The number of ether oxygens (including phenoxy) is 2. The number of hydrogen-bond donors (Lipinski definition) is 2. The molecule has 1 aliphatic carbocycles. The number of carbonyl (C=O) groups excluding carboxylic acids is 1. The van der Waals surface area contributed by atoms with Crippen molar-refractivity contribution in [3.63, 3.8) is 0 Å². The molecule has 4 atom stereocenters. The van der Waals surface area contributed by atoms with Gasteiger partial charge in [0.25, 0.3) is 0 Å². The van der Waals surface area contributed by atoms with Crippen molar-refractivity contribution in [2.75, 3.05) is 42.5 Å². The molecule has 214 valence electrons. The van der Waals surface area contributed by atoms with E-state index in [-0.39, 0.29) is 6.10 Å². The van der Waals surface area contributed by atoms with Crippen LogP contribution in [0.5, 0.6) is 5.75 Å². The summed E-state index contributed by atoms with van der Waals surface area (Å²) in [6, 6.07) is 13.5. The number of allylic oxidation sites excluding steroid dienone is 1. The fourth-order valence-electron chi connectivity index (χ4n) is 4.94. The first-order valence-electron chi connectivity index (χ1n) is 13.8. The number of benzene rings is 2. The molecule has 0 unspecified atom stereocenters. The minimum Gasteiger partial charge on any atom is -0.481 e. The summed E-state index contributed by atoms with van der Waals surface area (Å²) in [7, 11) is 1.80. The van der Waals surface area contributed by atoms with E-state index in [4.69, 9.17) is 26.8 Å². The Hall–Kier alpha value is -1.80. The van der Waals surface area contributed by atoms with E-state index in [0.29, 0.717) is 29.3 Å². The molecule has 0 bridgehead atoms. The zero-order chi connectivity index (χ0) is 28.2. The molecule has 0 aromatic heterocycles. The second-order valence-corrected chi connectivity index (χ2v) is 12.1. The van der Waals surface area contributed by atoms with Gasteiger partial charge in [-0.3, -0.25) is 4.79 Å². The first-order valence-corrected chi connectivity index (χ1v) is 16.0. The Bertz CT molecular complexity index is 1080. The Labute approximate surface area is 249 Å². The average molecular weight is 591 g/mol. The molecule has 1 fully saturated rings. The number of amides is 1. The highest BCUT2D eigenvalue weighted by molar-refractivity contribution is 7.99. The van der Waals surface area contributed by atoms with Gasteiger partial charge in [-0.15, -0.1) is 11.8 Å². The maximum absolute atomic E-state index is 12.0. The normalized spacial score (nSPS) is 18.5. The van der Waals surface area contributed by atoms with Crippen molar-refractivity contribution < 1.29 is 14.3 Å². The lowest BCUT2D eigenvalue weighted by Crippen LogP contribution is -2.43. The number of nitrogens with zero attached hydrogens (tertiary/aromatic N) is 1. The van der Waals surface area contributed by atoms with Gasteiger partial charge in [0.2, 0.25) is 5.91 Å². The molecular formula is C31H43ClN2O3S2. The summed E-state index contributed by atoms with van der Waals surface area (Å²) in [5, 5.41) is 0.761. The number of rotatable bonds is 17. The molecule has 1 saturated carbocycles. The van der Waals surface area contributed by atoms with Crippen molar-refractivity contribution in [1.82, 2.24) is 0 Å². The molecule has 1 aliphatic rings. The van der Waals surface area contributed by atoms with Crippen LogP contribution in [-0.4, -0.2) is 49.7 Å². The zero-order valence-corrected chi connectivity index (χ0v) is 25.8. The van der Waals surface area contributed by atoms with Crippen LogP contribution in [0.3, 0.4) is 0 Å². The fourth-order valence-corrected chi connectivity index (χ4v) is 6.01. The summed E-state index contributed by atoms with van der Waals surface area (Å²) < 4.78 is 12.1. The van der Waals surface area contributed by atoms with Gasteiger partial charge in [0, 0.05) is 36.5 Å². The predicted octanol–water partition coefficient (Wildman–Crippen LogP) is 7.13. The van der Waals surface area contributed by atoms with Gasteiger partial charge >= 0.3 is 0 Å². The Morgan fingerprint density at radius 1 is 1.28 bits per heavy atom. The molecule has 0 aliphatic heterocycles. The van der Waals surface area contributed by atoms with Crippen molar-refractivity contribution in [1.29, 1.82) is 0 Å². The predicted molar refractivity (Wildman–Crippen MR) is 170 cm³/mol. The van der Waals surface area contributed by atoms with Gasteiger partial charge in [-0.25, -0.2) is 0 Å². The molecule has 0 radical (unpaired) electrons. The molecule has 3 rings (SSSR count). The highest BCUT2D eigenvalue weighted by Crippen LogP contribution is 2.41. The maximum Gasteiger partial charge on any atom is 0.248 e. The van der Waals surface area contributed by atoms with E-state index in [2.05, 4.69) is 49.6 Å². The summed E-state index contributed by atoms with van der Waals surface area (Å²) in [6.45, 7) is 6.03. The summed E-state index contributed by atoms with van der Waals surface area (Å²) in [6.07, 6.45) is 8.84. The zero-order valence-electron chi connectivity index (χ0n) is 23.4. The molecule has 2 aromatic carbocycles. The monoisotopic (exact) mass is 590 g/mol. The van der Waals surface area contributed by atoms with E-state index in [9.17, 15) is 4.79 Å². The van der Waals surface area contributed by atoms with Crippen molar-refractivity contribution in [3.8, 4) is 5.75 Å². The molecule has 0 saturated heterocycles. The van der Waals surface area contributed by atoms with Gasteiger partial charge < -0.3 is 20.1 Å². The van der Waals surface area contributed by atoms with Crippen molar-refractivity contribution >= 4 is 47.6 Å². The second-order valence-electron chi connectivity index (χ2n) is 10.3. The number of carbonyl (C=O) groups is 1. The van der Waals surface area contributed by atoms with Gasteiger partial charge in [-0.1, -0.05) is 42.8 Å². The van der Waals surface area contributed by atoms with Crippen LogP contribution in [0.4, 0.5) is 5.69 Å².